The molecule has 0 saturated heterocycles. The third kappa shape index (κ3) is 4.85. The first-order chi connectivity index (χ1) is 6.62. The van der Waals surface area contributed by atoms with E-state index in [2.05, 4.69) is 29.8 Å². The van der Waals surface area contributed by atoms with Gasteiger partial charge in [0.25, 0.3) is 0 Å². The van der Waals surface area contributed by atoms with Gasteiger partial charge in [-0.1, -0.05) is 36.2 Å². The van der Waals surface area contributed by atoms with E-state index in [1.807, 2.05) is 0 Å². The van der Waals surface area contributed by atoms with E-state index in [1.54, 1.807) is 20.8 Å². The molecule has 0 aromatic rings. The lowest BCUT2D eigenvalue weighted by Crippen LogP contribution is -2.31. The van der Waals surface area contributed by atoms with E-state index >= 15 is 0 Å². The van der Waals surface area contributed by atoms with E-state index in [0.29, 0.717) is 16.5 Å². The minimum Gasteiger partial charge on any atom is -0.228 e. The van der Waals surface area contributed by atoms with E-state index in [1.165, 1.54) is 0 Å². The fourth-order valence-corrected chi connectivity index (χ4v) is 3.23. The van der Waals surface area contributed by atoms with Gasteiger partial charge in [0.2, 0.25) is 0 Å². The maximum atomic E-state index is 11.9. The first-order valence-electron chi connectivity index (χ1n) is 5.48. The Morgan fingerprint density at radius 1 is 1.27 bits per heavy atom. The Morgan fingerprint density at radius 3 is 2.00 bits per heavy atom. The molecule has 0 spiro atoms. The number of alkyl halides is 1. The van der Waals surface area contributed by atoms with Crippen LogP contribution in [0.1, 0.15) is 47.5 Å². The first-order valence-corrected chi connectivity index (χ1v) is 8.05. The molecule has 2 unspecified atom stereocenters. The smallest absolute Gasteiger partial charge is 0.155 e. The molecule has 0 aliphatic heterocycles. The SMILES string of the molecule is CCC(CCS(=O)(=O)C(C)(C)C)C(C)Br. The van der Waals surface area contributed by atoms with Crippen molar-refractivity contribution in [2.75, 3.05) is 5.75 Å². The zero-order valence-corrected chi connectivity index (χ0v) is 12.8. The Bertz CT molecular complexity index is 275. The number of hydrogen-bond donors (Lipinski definition) is 0. The van der Waals surface area contributed by atoms with Crippen molar-refractivity contribution in [2.24, 2.45) is 5.92 Å². The largest absolute Gasteiger partial charge is 0.228 e. The second-order valence-electron chi connectivity index (χ2n) is 5.07. The average molecular weight is 299 g/mol. The Labute approximate surface area is 103 Å². The summed E-state index contributed by atoms with van der Waals surface area (Å²) in [6.07, 6.45) is 1.77. The molecule has 4 heteroatoms. The molecular weight excluding hydrogens is 276 g/mol. The summed E-state index contributed by atoms with van der Waals surface area (Å²) in [5.74, 6) is 0.743. The zero-order chi connectivity index (χ0) is 12.3. The van der Waals surface area contributed by atoms with Crippen molar-refractivity contribution in [2.45, 2.75) is 57.0 Å². The highest BCUT2D eigenvalue weighted by atomic mass is 79.9. The van der Waals surface area contributed by atoms with Crippen molar-refractivity contribution in [3.05, 3.63) is 0 Å². The van der Waals surface area contributed by atoms with Gasteiger partial charge in [0.05, 0.1) is 10.5 Å². The summed E-state index contributed by atoms with van der Waals surface area (Å²) in [7, 11) is -2.96. The molecule has 0 aromatic heterocycles. The first kappa shape index (κ1) is 15.4. The monoisotopic (exact) mass is 298 g/mol. The van der Waals surface area contributed by atoms with Crippen molar-refractivity contribution in [3.8, 4) is 0 Å². The van der Waals surface area contributed by atoms with Crippen LogP contribution in [0.2, 0.25) is 0 Å². The Balaban J connectivity index is 4.39. The van der Waals surface area contributed by atoms with Crippen LogP contribution in [0.15, 0.2) is 0 Å². The van der Waals surface area contributed by atoms with Gasteiger partial charge in [-0.25, -0.2) is 8.42 Å². The standard InChI is InChI=1S/C11H23BrO2S/c1-6-10(9(2)12)7-8-15(13,14)11(3,4)5/h9-10H,6-8H2,1-5H3. The molecule has 0 saturated carbocycles. The Morgan fingerprint density at radius 2 is 1.73 bits per heavy atom. The molecule has 0 rings (SSSR count). The van der Waals surface area contributed by atoms with Gasteiger partial charge in [0.15, 0.2) is 9.84 Å². The summed E-state index contributed by atoms with van der Waals surface area (Å²) in [6.45, 7) is 9.48. The van der Waals surface area contributed by atoms with E-state index < -0.39 is 14.6 Å². The van der Waals surface area contributed by atoms with Crippen LogP contribution in [-0.2, 0) is 9.84 Å². The molecule has 0 radical (unpaired) electrons. The highest BCUT2D eigenvalue weighted by molar-refractivity contribution is 9.09. The third-order valence-electron chi connectivity index (χ3n) is 2.86. The second kappa shape index (κ2) is 5.67. The van der Waals surface area contributed by atoms with Crippen molar-refractivity contribution in [1.82, 2.24) is 0 Å². The number of hydrogen-bond acceptors (Lipinski definition) is 2. The molecule has 15 heavy (non-hydrogen) atoms. The summed E-state index contributed by atoms with van der Waals surface area (Å²) >= 11 is 3.52. The molecule has 0 aromatic carbocycles. The molecule has 0 N–H and O–H groups in total. The predicted octanol–water partition coefficient (Wildman–Crippen LogP) is 3.40. The summed E-state index contributed by atoms with van der Waals surface area (Å²) in [6, 6.07) is 0. The van der Waals surface area contributed by atoms with Crippen LogP contribution in [0.5, 0.6) is 0 Å². The van der Waals surface area contributed by atoms with Crippen LogP contribution in [-0.4, -0.2) is 23.7 Å². The van der Waals surface area contributed by atoms with Gasteiger partial charge < -0.3 is 0 Å². The third-order valence-corrected chi connectivity index (χ3v) is 6.25. The highest BCUT2D eigenvalue weighted by Gasteiger charge is 2.29. The van der Waals surface area contributed by atoms with Crippen LogP contribution in [0.25, 0.3) is 0 Å². The summed E-state index contributed by atoms with van der Waals surface area (Å²) in [4.78, 5) is 0.387. The maximum Gasteiger partial charge on any atom is 0.155 e. The van der Waals surface area contributed by atoms with Gasteiger partial charge >= 0.3 is 0 Å². The molecule has 0 amide bonds. The molecule has 0 aliphatic rings. The van der Waals surface area contributed by atoms with Crippen LogP contribution in [0.3, 0.4) is 0 Å². The van der Waals surface area contributed by atoms with E-state index in [4.69, 9.17) is 0 Å². The predicted molar refractivity (Wildman–Crippen MR) is 70.3 cm³/mol. The van der Waals surface area contributed by atoms with Crippen molar-refractivity contribution < 1.29 is 8.42 Å². The van der Waals surface area contributed by atoms with Crippen LogP contribution in [0, 0.1) is 5.92 Å². The van der Waals surface area contributed by atoms with Gasteiger partial charge in [0.1, 0.15) is 0 Å². The van der Waals surface area contributed by atoms with Gasteiger partial charge in [-0.2, -0.15) is 0 Å². The topological polar surface area (TPSA) is 34.1 Å². The lowest BCUT2D eigenvalue weighted by atomic mass is 10.0. The fraction of sp³-hybridized carbons (Fsp3) is 1.00. The highest BCUT2D eigenvalue weighted by Crippen LogP contribution is 2.24. The normalized spacial score (nSPS) is 17.5. The number of rotatable bonds is 5. The Hall–Kier alpha value is 0.430. The van der Waals surface area contributed by atoms with Crippen LogP contribution in [0.4, 0.5) is 0 Å². The molecule has 0 aliphatic carbocycles. The molecule has 0 fully saturated rings. The van der Waals surface area contributed by atoms with E-state index in [0.717, 1.165) is 12.8 Å². The quantitative estimate of drug-likeness (QED) is 0.729. The van der Waals surface area contributed by atoms with Gasteiger partial charge in [-0.05, 0) is 33.1 Å². The van der Waals surface area contributed by atoms with Gasteiger partial charge in [-0.15, -0.1) is 0 Å². The Kier molecular flexibility index (Phi) is 5.83. The lowest BCUT2D eigenvalue weighted by Gasteiger charge is -2.22. The van der Waals surface area contributed by atoms with Crippen molar-refractivity contribution >= 4 is 25.8 Å². The molecule has 2 atom stereocenters. The molecule has 92 valence electrons. The summed E-state index contributed by atoms with van der Waals surface area (Å²) in [5.41, 5.74) is 0. The number of sulfone groups is 1. The van der Waals surface area contributed by atoms with Gasteiger partial charge in [0, 0.05) is 4.83 Å². The van der Waals surface area contributed by atoms with Crippen molar-refractivity contribution in [3.63, 3.8) is 0 Å². The summed E-state index contributed by atoms with van der Waals surface area (Å²) in [5, 5.41) is 0. The zero-order valence-electron chi connectivity index (χ0n) is 10.4. The van der Waals surface area contributed by atoms with Gasteiger partial charge in [-0.3, -0.25) is 0 Å². The minimum absolute atomic E-state index is 0.297. The molecular formula is C11H23BrO2S. The fourth-order valence-electron chi connectivity index (χ4n) is 1.37. The second-order valence-corrected chi connectivity index (χ2v) is 9.37. The molecule has 0 heterocycles. The average Bonchev–Trinajstić information content (AvgIpc) is 2.02. The lowest BCUT2D eigenvalue weighted by molar-refractivity contribution is 0.484. The maximum absolute atomic E-state index is 11.9. The molecule has 0 bridgehead atoms. The van der Waals surface area contributed by atoms with Crippen molar-refractivity contribution in [1.29, 1.82) is 0 Å². The van der Waals surface area contributed by atoms with Crippen LogP contribution >= 0.6 is 15.9 Å². The van der Waals surface area contributed by atoms with Crippen LogP contribution < -0.4 is 0 Å². The summed E-state index contributed by atoms with van der Waals surface area (Å²) < 4.78 is 23.1. The number of halogens is 1. The van der Waals surface area contributed by atoms with E-state index in [-0.39, 0.29) is 0 Å². The molecule has 2 nitrogen and oxygen atoms in total. The van der Waals surface area contributed by atoms with E-state index in [9.17, 15) is 8.42 Å². The minimum atomic E-state index is -2.96.